The second-order valence-corrected chi connectivity index (χ2v) is 12.2. The number of fused-ring (bicyclic) bond motifs is 6. The minimum atomic E-state index is -0.506. The van der Waals surface area contributed by atoms with E-state index in [0.717, 1.165) is 16.5 Å². The van der Waals surface area contributed by atoms with Crippen LogP contribution in [0.3, 0.4) is 0 Å². The highest BCUT2D eigenvalue weighted by molar-refractivity contribution is 5.97. The zero-order valence-corrected chi connectivity index (χ0v) is 27.6. The highest BCUT2D eigenvalue weighted by atomic mass is 16.6. The Bertz CT molecular complexity index is 2290. The van der Waals surface area contributed by atoms with Gasteiger partial charge in [0.2, 0.25) is 0 Å². The third-order valence-corrected chi connectivity index (χ3v) is 9.25. The molecular formula is C45H38O4. The Balaban J connectivity index is 0.00000122. The largest absolute Gasteiger partial charge is 0.491 e. The lowest BCUT2D eigenvalue weighted by atomic mass is 9.67. The summed E-state index contributed by atoms with van der Waals surface area (Å²) in [5, 5.41) is 7.21. The molecule has 0 saturated heterocycles. The van der Waals surface area contributed by atoms with Gasteiger partial charge in [0.1, 0.15) is 19.0 Å². The van der Waals surface area contributed by atoms with E-state index in [1.54, 1.807) is 6.08 Å². The molecule has 0 N–H and O–H groups in total. The van der Waals surface area contributed by atoms with E-state index >= 15 is 0 Å². The standard InChI is InChI=1S/C42H32O4.C3H6/c43-28-45-20-19-44-21-22-46-37-18-15-33-24-36(17-14-34(33)25-37)42(35-16-13-29-7-1-2-8-30(29)23-35)40-12-6-5-11-38(40)39-26-31-9-3-4-10-32(31)27-41(39)42;1-3-2/h1-18,23-28H,19-22H2;3H,1H2,2H3. The first kappa shape index (κ1) is 31.9. The van der Waals surface area contributed by atoms with E-state index in [1.807, 2.05) is 13.0 Å². The fourth-order valence-electron chi connectivity index (χ4n) is 7.20. The molecule has 4 nitrogen and oxygen atoms in total. The smallest absolute Gasteiger partial charge is 0.293 e. The Kier molecular flexibility index (Phi) is 9.23. The fraction of sp³-hybridized carbons (Fsp3) is 0.133. The summed E-state index contributed by atoms with van der Waals surface area (Å²) in [6.07, 6.45) is 1.75. The highest BCUT2D eigenvalue weighted by Crippen LogP contribution is 2.57. The van der Waals surface area contributed by atoms with Crippen molar-refractivity contribution in [3.05, 3.63) is 174 Å². The second kappa shape index (κ2) is 14.2. The summed E-state index contributed by atoms with van der Waals surface area (Å²) in [4.78, 5) is 10.3. The molecule has 0 heterocycles. The van der Waals surface area contributed by atoms with Gasteiger partial charge in [-0.15, -0.1) is 6.58 Å². The lowest BCUT2D eigenvalue weighted by Crippen LogP contribution is -2.28. The molecule has 7 aromatic rings. The van der Waals surface area contributed by atoms with Gasteiger partial charge in [0.05, 0.1) is 18.6 Å². The van der Waals surface area contributed by atoms with Crippen LogP contribution >= 0.6 is 0 Å². The topological polar surface area (TPSA) is 44.8 Å². The summed E-state index contributed by atoms with van der Waals surface area (Å²) in [5.41, 5.74) is 7.15. The van der Waals surface area contributed by atoms with Crippen molar-refractivity contribution in [1.29, 1.82) is 0 Å². The molecule has 0 radical (unpaired) electrons. The van der Waals surface area contributed by atoms with Crippen molar-refractivity contribution in [2.45, 2.75) is 12.3 Å². The van der Waals surface area contributed by atoms with Gasteiger partial charge >= 0.3 is 0 Å². The molecule has 4 heteroatoms. The predicted molar refractivity (Wildman–Crippen MR) is 200 cm³/mol. The summed E-state index contributed by atoms with van der Waals surface area (Å²) in [5.74, 6) is 0.792. The van der Waals surface area contributed by atoms with E-state index in [9.17, 15) is 4.79 Å². The lowest BCUT2D eigenvalue weighted by molar-refractivity contribution is -0.130. The Morgan fingerprint density at radius 2 is 1.10 bits per heavy atom. The van der Waals surface area contributed by atoms with Crippen LogP contribution in [0.25, 0.3) is 43.4 Å². The molecule has 49 heavy (non-hydrogen) atoms. The van der Waals surface area contributed by atoms with Gasteiger partial charge in [-0.2, -0.15) is 0 Å². The Labute approximate surface area is 287 Å². The summed E-state index contributed by atoms with van der Waals surface area (Å²) < 4.78 is 16.1. The second-order valence-electron chi connectivity index (χ2n) is 12.2. The number of ether oxygens (including phenoxy) is 3. The van der Waals surface area contributed by atoms with Crippen LogP contribution in [0.4, 0.5) is 0 Å². The molecule has 1 aliphatic carbocycles. The molecule has 0 aromatic heterocycles. The number of carbonyl (C=O) groups is 1. The predicted octanol–water partition coefficient (Wildman–Crippen LogP) is 10.3. The van der Waals surface area contributed by atoms with Crippen molar-refractivity contribution in [2.24, 2.45) is 0 Å². The van der Waals surface area contributed by atoms with Crippen LogP contribution in [-0.2, 0) is 19.7 Å². The molecule has 242 valence electrons. The van der Waals surface area contributed by atoms with Crippen molar-refractivity contribution in [2.75, 3.05) is 26.4 Å². The molecule has 0 aliphatic heterocycles. The molecule has 8 rings (SSSR count). The third kappa shape index (κ3) is 5.96. The van der Waals surface area contributed by atoms with Crippen LogP contribution in [0.2, 0.25) is 0 Å². The summed E-state index contributed by atoms with van der Waals surface area (Å²) in [7, 11) is 0. The quantitative estimate of drug-likeness (QED) is 0.0846. The van der Waals surface area contributed by atoms with Crippen LogP contribution in [-0.4, -0.2) is 32.9 Å². The Morgan fingerprint density at radius 3 is 1.84 bits per heavy atom. The molecule has 1 aliphatic rings. The molecule has 0 spiro atoms. The van der Waals surface area contributed by atoms with E-state index in [-0.39, 0.29) is 6.61 Å². The monoisotopic (exact) mass is 642 g/mol. The van der Waals surface area contributed by atoms with Gasteiger partial charge in [-0.05, 0) is 109 Å². The maximum Gasteiger partial charge on any atom is 0.293 e. The van der Waals surface area contributed by atoms with Gasteiger partial charge in [0, 0.05) is 0 Å². The number of benzene rings is 7. The van der Waals surface area contributed by atoms with Crippen LogP contribution in [0.1, 0.15) is 29.2 Å². The molecule has 1 atom stereocenters. The van der Waals surface area contributed by atoms with Gasteiger partial charge in [-0.25, -0.2) is 0 Å². The van der Waals surface area contributed by atoms with Gasteiger partial charge in [-0.1, -0.05) is 109 Å². The first-order chi connectivity index (χ1) is 24.2. The third-order valence-electron chi connectivity index (χ3n) is 9.25. The number of allylic oxidation sites excluding steroid dienone is 1. The molecule has 0 saturated carbocycles. The first-order valence-electron chi connectivity index (χ1n) is 16.7. The number of rotatable bonds is 10. The van der Waals surface area contributed by atoms with Crippen molar-refractivity contribution in [1.82, 2.24) is 0 Å². The van der Waals surface area contributed by atoms with Gasteiger partial charge in [0.25, 0.3) is 6.47 Å². The van der Waals surface area contributed by atoms with Crippen molar-refractivity contribution in [3.63, 3.8) is 0 Å². The molecule has 0 bridgehead atoms. The van der Waals surface area contributed by atoms with Crippen molar-refractivity contribution in [3.8, 4) is 16.9 Å². The van der Waals surface area contributed by atoms with Crippen LogP contribution in [0.15, 0.2) is 152 Å². The number of hydrogen-bond donors (Lipinski definition) is 0. The maximum atomic E-state index is 10.3. The zero-order chi connectivity index (χ0) is 33.6. The minimum Gasteiger partial charge on any atom is -0.491 e. The molecule has 7 aromatic carbocycles. The maximum absolute atomic E-state index is 10.3. The Hall–Kier alpha value is -5.71. The number of hydrogen-bond acceptors (Lipinski definition) is 4. The van der Waals surface area contributed by atoms with Crippen LogP contribution in [0, 0.1) is 0 Å². The summed E-state index contributed by atoms with van der Waals surface area (Å²) in [6.45, 7) is 7.10. The van der Waals surface area contributed by atoms with Crippen LogP contribution < -0.4 is 4.74 Å². The SMILES string of the molecule is C=CC.O=COCCOCCOc1ccc2cc(C3(c4ccc5ccccc5c4)c4ccccc4-c4cc5ccccc5cc43)ccc2c1. The molecular weight excluding hydrogens is 604 g/mol. The number of carbonyl (C=O) groups excluding carboxylic acids is 1. The molecule has 0 amide bonds. The van der Waals surface area contributed by atoms with Gasteiger partial charge in [-0.3, -0.25) is 4.79 Å². The highest BCUT2D eigenvalue weighted by Gasteiger charge is 2.46. The van der Waals surface area contributed by atoms with E-state index in [4.69, 9.17) is 9.47 Å². The van der Waals surface area contributed by atoms with E-state index in [2.05, 4.69) is 145 Å². The van der Waals surface area contributed by atoms with Gasteiger partial charge in [0.15, 0.2) is 0 Å². The van der Waals surface area contributed by atoms with Crippen molar-refractivity contribution >= 4 is 38.8 Å². The summed E-state index contributed by atoms with van der Waals surface area (Å²) >= 11 is 0. The normalized spacial score (nSPS) is 14.5. The molecule has 1 unspecified atom stereocenters. The van der Waals surface area contributed by atoms with Crippen LogP contribution in [0.5, 0.6) is 5.75 Å². The minimum absolute atomic E-state index is 0.244. The van der Waals surface area contributed by atoms with Gasteiger partial charge < -0.3 is 14.2 Å². The first-order valence-corrected chi connectivity index (χ1v) is 16.7. The Morgan fingerprint density at radius 1 is 0.551 bits per heavy atom. The fourth-order valence-corrected chi connectivity index (χ4v) is 7.20. The van der Waals surface area contributed by atoms with E-state index in [1.165, 1.54) is 54.9 Å². The van der Waals surface area contributed by atoms with E-state index in [0.29, 0.717) is 26.3 Å². The average Bonchev–Trinajstić information content (AvgIpc) is 3.43. The zero-order valence-electron chi connectivity index (χ0n) is 27.6. The van der Waals surface area contributed by atoms with E-state index < -0.39 is 5.41 Å². The van der Waals surface area contributed by atoms with Crippen molar-refractivity contribution < 1.29 is 19.0 Å². The average molecular weight is 643 g/mol. The lowest BCUT2D eigenvalue weighted by Gasteiger charge is -2.34. The molecule has 0 fully saturated rings. The summed E-state index contributed by atoms with van der Waals surface area (Å²) in [6, 6.07) is 51.0.